The summed E-state index contributed by atoms with van der Waals surface area (Å²) < 4.78 is 28.1. The number of ether oxygens (including phenoxy) is 1. The first kappa shape index (κ1) is 12.7. The zero-order valence-corrected chi connectivity index (χ0v) is 8.48. The maximum atomic E-state index is 12.0. The first-order valence-electron chi connectivity index (χ1n) is 4.43. The van der Waals surface area contributed by atoms with Crippen LogP contribution in [0.4, 0.5) is 14.5 Å². The molecule has 0 radical (unpaired) electrons. The van der Waals surface area contributed by atoms with E-state index in [1.54, 1.807) is 6.07 Å². The molecule has 0 atom stereocenters. The lowest BCUT2D eigenvalue weighted by Gasteiger charge is -2.09. The van der Waals surface area contributed by atoms with Crippen molar-refractivity contribution in [1.29, 1.82) is 5.26 Å². The fourth-order valence-corrected chi connectivity index (χ4v) is 1.31. The molecule has 0 spiro atoms. The molecule has 1 aromatic rings. The van der Waals surface area contributed by atoms with E-state index in [1.807, 2.05) is 0 Å². The van der Waals surface area contributed by atoms with Crippen molar-refractivity contribution in [2.75, 3.05) is 5.73 Å². The van der Waals surface area contributed by atoms with E-state index in [0.29, 0.717) is 0 Å². The van der Waals surface area contributed by atoms with E-state index in [9.17, 15) is 13.6 Å². The Kier molecular flexibility index (Phi) is 3.82. The molecule has 0 aliphatic heterocycles. The van der Waals surface area contributed by atoms with Crippen LogP contribution in [0.1, 0.15) is 11.1 Å². The fraction of sp³-hybridized carbons (Fsp3) is 0.200. The summed E-state index contributed by atoms with van der Waals surface area (Å²) in [5, 5.41) is 17.4. The minimum absolute atomic E-state index is 0.0376. The summed E-state index contributed by atoms with van der Waals surface area (Å²) in [7, 11) is 0. The van der Waals surface area contributed by atoms with Gasteiger partial charge in [0.15, 0.2) is 0 Å². The molecule has 0 aromatic heterocycles. The van der Waals surface area contributed by atoms with E-state index in [4.69, 9.17) is 16.1 Å². The zero-order chi connectivity index (χ0) is 13.0. The largest absolute Gasteiger partial charge is 0.481 e. The lowest BCUT2D eigenvalue weighted by Crippen LogP contribution is -2.07. The Balaban J connectivity index is 3.19. The van der Waals surface area contributed by atoms with Crippen molar-refractivity contribution < 1.29 is 23.4 Å². The first-order chi connectivity index (χ1) is 7.93. The van der Waals surface area contributed by atoms with Gasteiger partial charge in [-0.2, -0.15) is 14.0 Å². The number of alkyl halides is 2. The number of nitriles is 1. The molecule has 0 fully saturated rings. The van der Waals surface area contributed by atoms with Crippen LogP contribution in [0.25, 0.3) is 0 Å². The van der Waals surface area contributed by atoms with E-state index < -0.39 is 19.0 Å². The Hall–Kier alpha value is -2.36. The van der Waals surface area contributed by atoms with Crippen LogP contribution in [0.15, 0.2) is 12.1 Å². The second-order valence-corrected chi connectivity index (χ2v) is 3.11. The SMILES string of the molecule is N#Cc1c(N)cc(OC(F)F)cc1CC(=O)O. The van der Waals surface area contributed by atoms with Crippen molar-refractivity contribution in [3.63, 3.8) is 0 Å². The molecule has 17 heavy (non-hydrogen) atoms. The lowest BCUT2D eigenvalue weighted by molar-refractivity contribution is -0.136. The van der Waals surface area contributed by atoms with Crippen molar-refractivity contribution in [1.82, 2.24) is 0 Å². The van der Waals surface area contributed by atoms with Gasteiger partial charge in [-0.25, -0.2) is 0 Å². The number of nitrogen functional groups attached to an aromatic ring is 1. The summed E-state index contributed by atoms with van der Waals surface area (Å²) in [6, 6.07) is 3.83. The first-order valence-corrected chi connectivity index (χ1v) is 4.43. The molecular weight excluding hydrogens is 234 g/mol. The van der Waals surface area contributed by atoms with Gasteiger partial charge in [0.25, 0.3) is 0 Å². The monoisotopic (exact) mass is 242 g/mol. The number of nitrogens with zero attached hydrogens (tertiary/aromatic N) is 1. The van der Waals surface area contributed by atoms with Crippen molar-refractivity contribution in [2.24, 2.45) is 0 Å². The van der Waals surface area contributed by atoms with Gasteiger partial charge >= 0.3 is 12.6 Å². The average molecular weight is 242 g/mol. The Labute approximate surface area is 95.0 Å². The van der Waals surface area contributed by atoms with E-state index in [1.165, 1.54) is 0 Å². The van der Waals surface area contributed by atoms with Gasteiger partial charge < -0.3 is 15.6 Å². The number of hydrogen-bond donors (Lipinski definition) is 2. The van der Waals surface area contributed by atoms with Gasteiger partial charge in [-0.3, -0.25) is 4.79 Å². The van der Waals surface area contributed by atoms with Crippen LogP contribution < -0.4 is 10.5 Å². The van der Waals surface area contributed by atoms with Crippen molar-refractivity contribution >= 4 is 11.7 Å². The molecule has 0 aliphatic rings. The molecule has 0 bridgehead atoms. The second kappa shape index (κ2) is 5.12. The van der Waals surface area contributed by atoms with Gasteiger partial charge in [0.05, 0.1) is 17.7 Å². The quantitative estimate of drug-likeness (QED) is 0.777. The van der Waals surface area contributed by atoms with Gasteiger partial charge in [-0.1, -0.05) is 0 Å². The van der Waals surface area contributed by atoms with Crippen LogP contribution in [-0.2, 0) is 11.2 Å². The molecule has 1 aromatic carbocycles. The summed E-state index contributed by atoms with van der Waals surface area (Å²) in [6.45, 7) is -3.04. The van der Waals surface area contributed by atoms with Crippen LogP contribution in [-0.4, -0.2) is 17.7 Å². The summed E-state index contributed by atoms with van der Waals surface area (Å²) in [5.74, 6) is -1.47. The third-order valence-electron chi connectivity index (χ3n) is 1.90. The van der Waals surface area contributed by atoms with Crippen LogP contribution >= 0.6 is 0 Å². The normalized spacial score (nSPS) is 10.0. The van der Waals surface area contributed by atoms with E-state index in [2.05, 4.69) is 4.74 Å². The minimum Gasteiger partial charge on any atom is -0.481 e. The number of rotatable bonds is 4. The number of carboxylic acids is 1. The van der Waals surface area contributed by atoms with Crippen molar-refractivity contribution in [3.05, 3.63) is 23.3 Å². The predicted octanol–water partition coefficient (Wildman–Crippen LogP) is 1.37. The van der Waals surface area contributed by atoms with E-state index in [0.717, 1.165) is 12.1 Å². The Morgan fingerprint density at radius 1 is 1.59 bits per heavy atom. The lowest BCUT2D eigenvalue weighted by atomic mass is 10.0. The van der Waals surface area contributed by atoms with Gasteiger partial charge in [-0.05, 0) is 11.6 Å². The summed E-state index contributed by atoms with van der Waals surface area (Å²) in [4.78, 5) is 10.5. The Bertz CT molecular complexity index is 483. The molecule has 0 heterocycles. The number of nitrogens with two attached hydrogens (primary N) is 1. The molecule has 3 N–H and O–H groups in total. The van der Waals surface area contributed by atoms with Crippen molar-refractivity contribution in [2.45, 2.75) is 13.0 Å². The van der Waals surface area contributed by atoms with Gasteiger partial charge in [0, 0.05) is 6.07 Å². The Morgan fingerprint density at radius 3 is 2.71 bits per heavy atom. The summed E-state index contributed by atoms with van der Waals surface area (Å²) in [6.07, 6.45) is -0.493. The molecule has 1 rings (SSSR count). The number of carbonyl (C=O) groups is 1. The molecule has 5 nitrogen and oxygen atoms in total. The summed E-state index contributed by atoms with van der Waals surface area (Å²) in [5.41, 5.74) is 5.34. The number of aliphatic carboxylic acids is 1. The maximum absolute atomic E-state index is 12.0. The van der Waals surface area contributed by atoms with Gasteiger partial charge in [0.1, 0.15) is 11.8 Å². The fourth-order valence-electron chi connectivity index (χ4n) is 1.31. The molecule has 0 saturated heterocycles. The number of anilines is 1. The highest BCUT2D eigenvalue weighted by molar-refractivity contribution is 5.74. The van der Waals surface area contributed by atoms with E-state index in [-0.39, 0.29) is 22.6 Å². The smallest absolute Gasteiger partial charge is 0.387 e. The Morgan fingerprint density at radius 2 is 2.24 bits per heavy atom. The topological polar surface area (TPSA) is 96.3 Å². The molecular formula is C10H8F2N2O3. The third-order valence-corrected chi connectivity index (χ3v) is 1.90. The highest BCUT2D eigenvalue weighted by Gasteiger charge is 2.14. The number of carboxylic acid groups (broad SMARTS) is 1. The van der Waals surface area contributed by atoms with Gasteiger partial charge in [-0.15, -0.1) is 0 Å². The van der Waals surface area contributed by atoms with Crippen LogP contribution in [0.2, 0.25) is 0 Å². The molecule has 0 saturated carbocycles. The van der Waals surface area contributed by atoms with E-state index >= 15 is 0 Å². The van der Waals surface area contributed by atoms with Crippen LogP contribution in [0.5, 0.6) is 5.75 Å². The molecule has 7 heteroatoms. The maximum Gasteiger partial charge on any atom is 0.387 e. The minimum atomic E-state index is -3.04. The molecule has 0 unspecified atom stereocenters. The number of benzene rings is 1. The summed E-state index contributed by atoms with van der Waals surface area (Å²) >= 11 is 0. The second-order valence-electron chi connectivity index (χ2n) is 3.11. The molecule has 90 valence electrons. The standard InChI is InChI=1S/C10H8F2N2O3/c11-10(12)17-6-1-5(2-9(15)16)7(4-13)8(14)3-6/h1,3,10H,2,14H2,(H,15,16). The zero-order valence-electron chi connectivity index (χ0n) is 8.48. The van der Waals surface area contributed by atoms with Crippen LogP contribution in [0.3, 0.4) is 0 Å². The van der Waals surface area contributed by atoms with Crippen molar-refractivity contribution in [3.8, 4) is 11.8 Å². The molecule has 0 aliphatic carbocycles. The highest BCUT2D eigenvalue weighted by Crippen LogP contribution is 2.25. The highest BCUT2D eigenvalue weighted by atomic mass is 19.3. The predicted molar refractivity (Wildman–Crippen MR) is 53.5 cm³/mol. The number of halogens is 2. The average Bonchev–Trinajstić information content (AvgIpc) is 2.14. The third kappa shape index (κ3) is 3.31. The number of hydrogen-bond acceptors (Lipinski definition) is 4. The molecule has 0 amide bonds. The van der Waals surface area contributed by atoms with Gasteiger partial charge in [0.2, 0.25) is 0 Å². The van der Waals surface area contributed by atoms with Crippen LogP contribution in [0, 0.1) is 11.3 Å².